The topological polar surface area (TPSA) is 52.3 Å². The summed E-state index contributed by atoms with van der Waals surface area (Å²) in [5.74, 6) is 2.19. The molecular weight excluding hydrogens is 238 g/mol. The Balaban J connectivity index is 1.78. The Bertz CT molecular complexity index is 287. The average molecular weight is 267 g/mol. The van der Waals surface area contributed by atoms with Gasteiger partial charge in [-0.05, 0) is 69.2 Å². The van der Waals surface area contributed by atoms with E-state index in [0.29, 0.717) is 17.8 Å². The Hall–Kier alpha value is -0.570. The van der Waals surface area contributed by atoms with Crippen molar-refractivity contribution in [2.24, 2.45) is 29.4 Å². The third-order valence-electron chi connectivity index (χ3n) is 4.93. The molecule has 2 fully saturated rings. The van der Waals surface area contributed by atoms with Crippen molar-refractivity contribution >= 4 is 5.97 Å². The van der Waals surface area contributed by atoms with Gasteiger partial charge in [0.05, 0.1) is 5.92 Å². The molecule has 2 aliphatic rings. The van der Waals surface area contributed by atoms with Gasteiger partial charge in [-0.25, -0.2) is 0 Å². The fourth-order valence-electron chi connectivity index (χ4n) is 3.86. The van der Waals surface area contributed by atoms with Crippen LogP contribution >= 0.6 is 0 Å². The maximum atomic E-state index is 12.2. The summed E-state index contributed by atoms with van der Waals surface area (Å²) >= 11 is 0. The maximum Gasteiger partial charge on any atom is 0.309 e. The van der Waals surface area contributed by atoms with E-state index in [1.165, 1.54) is 6.42 Å². The van der Waals surface area contributed by atoms with Gasteiger partial charge >= 0.3 is 5.97 Å². The van der Waals surface area contributed by atoms with E-state index in [-0.39, 0.29) is 18.0 Å². The van der Waals surface area contributed by atoms with Crippen LogP contribution in [0.3, 0.4) is 0 Å². The summed E-state index contributed by atoms with van der Waals surface area (Å²) < 4.78 is 5.77. The molecule has 0 heterocycles. The first-order chi connectivity index (χ1) is 9.08. The summed E-state index contributed by atoms with van der Waals surface area (Å²) in [6.07, 6.45) is 7.66. The number of hydrogen-bond donors (Lipinski definition) is 1. The van der Waals surface area contributed by atoms with E-state index in [4.69, 9.17) is 10.5 Å². The Morgan fingerprint density at radius 3 is 2.16 bits per heavy atom. The van der Waals surface area contributed by atoms with Crippen molar-refractivity contribution in [1.29, 1.82) is 0 Å². The van der Waals surface area contributed by atoms with Crippen molar-refractivity contribution in [3.8, 4) is 0 Å². The molecule has 3 heteroatoms. The second-order valence-electron chi connectivity index (χ2n) is 6.93. The number of carbonyl (C=O) groups is 1. The summed E-state index contributed by atoms with van der Waals surface area (Å²) in [5, 5.41) is 0. The number of hydrogen-bond acceptors (Lipinski definition) is 3. The van der Waals surface area contributed by atoms with Crippen LogP contribution in [0.5, 0.6) is 0 Å². The van der Waals surface area contributed by atoms with E-state index < -0.39 is 0 Å². The predicted octanol–water partition coefficient (Wildman–Crippen LogP) is 3.12. The van der Waals surface area contributed by atoms with Crippen LogP contribution in [0, 0.1) is 23.7 Å². The minimum absolute atomic E-state index is 0.0572. The number of carbonyl (C=O) groups excluding carboxylic acids is 1. The molecule has 2 rings (SSSR count). The van der Waals surface area contributed by atoms with Gasteiger partial charge in [-0.3, -0.25) is 4.79 Å². The van der Waals surface area contributed by atoms with Crippen molar-refractivity contribution in [1.82, 2.24) is 0 Å². The Labute approximate surface area is 117 Å². The molecule has 0 aliphatic heterocycles. The lowest BCUT2D eigenvalue weighted by atomic mass is 9.81. The Morgan fingerprint density at radius 1 is 1.05 bits per heavy atom. The predicted molar refractivity (Wildman–Crippen MR) is 76.6 cm³/mol. The van der Waals surface area contributed by atoms with Crippen LogP contribution in [0.25, 0.3) is 0 Å². The molecule has 0 saturated heterocycles. The highest BCUT2D eigenvalue weighted by Gasteiger charge is 2.31. The van der Waals surface area contributed by atoms with Gasteiger partial charge in [-0.15, -0.1) is 0 Å². The number of nitrogens with two attached hydrogens (primary N) is 1. The summed E-state index contributed by atoms with van der Waals surface area (Å²) in [4.78, 5) is 12.2. The molecule has 0 aromatic heterocycles. The van der Waals surface area contributed by atoms with E-state index in [2.05, 4.69) is 13.8 Å². The molecule has 0 spiro atoms. The van der Waals surface area contributed by atoms with Crippen molar-refractivity contribution in [3.63, 3.8) is 0 Å². The summed E-state index contributed by atoms with van der Waals surface area (Å²) in [7, 11) is 0. The van der Waals surface area contributed by atoms with Crippen molar-refractivity contribution in [3.05, 3.63) is 0 Å². The average Bonchev–Trinajstić information content (AvgIpc) is 2.37. The fourth-order valence-corrected chi connectivity index (χ4v) is 3.86. The summed E-state index contributed by atoms with van der Waals surface area (Å²) in [6.45, 7) is 5.30. The molecule has 2 aliphatic carbocycles. The van der Waals surface area contributed by atoms with E-state index in [9.17, 15) is 4.79 Å². The highest BCUT2D eigenvalue weighted by Crippen LogP contribution is 2.33. The molecule has 3 nitrogen and oxygen atoms in total. The minimum Gasteiger partial charge on any atom is -0.462 e. The van der Waals surface area contributed by atoms with Crippen LogP contribution in [-0.4, -0.2) is 18.6 Å². The van der Waals surface area contributed by atoms with Gasteiger partial charge in [0.15, 0.2) is 0 Å². The van der Waals surface area contributed by atoms with Crippen molar-refractivity contribution in [2.45, 2.75) is 64.9 Å². The lowest BCUT2D eigenvalue weighted by Gasteiger charge is -2.33. The van der Waals surface area contributed by atoms with E-state index in [1.807, 2.05) is 0 Å². The summed E-state index contributed by atoms with van der Waals surface area (Å²) in [6, 6.07) is 0. The van der Waals surface area contributed by atoms with Gasteiger partial charge in [-0.1, -0.05) is 13.8 Å². The van der Waals surface area contributed by atoms with E-state index >= 15 is 0 Å². The molecular formula is C16H29NO2. The standard InChI is InChI=1S/C16H29NO2/c1-11-7-12(2)9-15(8-11)19-16(18)14-5-3-13(10-17)4-6-14/h11-15H,3-10,17H2,1-2H3. The highest BCUT2D eigenvalue weighted by molar-refractivity contribution is 5.72. The molecule has 0 aromatic carbocycles. The SMILES string of the molecule is CC1CC(C)CC(OC(=O)C2CCC(CN)CC2)C1. The highest BCUT2D eigenvalue weighted by atomic mass is 16.5. The van der Waals surface area contributed by atoms with Crippen LogP contribution < -0.4 is 5.73 Å². The van der Waals surface area contributed by atoms with Crippen LogP contribution in [0.1, 0.15) is 58.8 Å². The van der Waals surface area contributed by atoms with E-state index in [0.717, 1.165) is 45.1 Å². The van der Waals surface area contributed by atoms with Crippen molar-refractivity contribution < 1.29 is 9.53 Å². The van der Waals surface area contributed by atoms with Crippen molar-refractivity contribution in [2.75, 3.05) is 6.54 Å². The van der Waals surface area contributed by atoms with Crippen LogP contribution in [0.2, 0.25) is 0 Å². The minimum atomic E-state index is 0.0572. The normalized spacial score (nSPS) is 39.8. The molecule has 2 atom stereocenters. The number of ether oxygens (including phenoxy) is 1. The lowest BCUT2D eigenvalue weighted by Crippen LogP contribution is -2.33. The smallest absolute Gasteiger partial charge is 0.309 e. The van der Waals surface area contributed by atoms with Gasteiger partial charge in [0.25, 0.3) is 0 Å². The van der Waals surface area contributed by atoms with Gasteiger partial charge in [0.1, 0.15) is 6.10 Å². The molecule has 0 radical (unpaired) electrons. The first kappa shape index (κ1) is 14.8. The zero-order valence-corrected chi connectivity index (χ0v) is 12.4. The Kier molecular flexibility index (Phi) is 5.26. The molecule has 0 aromatic rings. The van der Waals surface area contributed by atoms with Gasteiger partial charge in [0.2, 0.25) is 0 Å². The molecule has 0 bridgehead atoms. The molecule has 110 valence electrons. The molecule has 19 heavy (non-hydrogen) atoms. The second kappa shape index (κ2) is 6.74. The molecule has 2 N–H and O–H groups in total. The van der Waals surface area contributed by atoms with Crippen LogP contribution in [-0.2, 0) is 9.53 Å². The van der Waals surface area contributed by atoms with Gasteiger partial charge in [0, 0.05) is 0 Å². The fraction of sp³-hybridized carbons (Fsp3) is 0.938. The van der Waals surface area contributed by atoms with Gasteiger partial charge < -0.3 is 10.5 Å². The largest absolute Gasteiger partial charge is 0.462 e. The quantitative estimate of drug-likeness (QED) is 0.799. The molecule has 2 saturated carbocycles. The van der Waals surface area contributed by atoms with Gasteiger partial charge in [-0.2, -0.15) is 0 Å². The number of rotatable bonds is 3. The van der Waals surface area contributed by atoms with Crippen LogP contribution in [0.4, 0.5) is 0 Å². The third-order valence-corrected chi connectivity index (χ3v) is 4.93. The van der Waals surface area contributed by atoms with E-state index in [1.54, 1.807) is 0 Å². The summed E-state index contributed by atoms with van der Waals surface area (Å²) in [5.41, 5.74) is 5.69. The lowest BCUT2D eigenvalue weighted by molar-refractivity contribution is -0.158. The molecule has 0 amide bonds. The Morgan fingerprint density at radius 2 is 1.63 bits per heavy atom. The first-order valence-corrected chi connectivity index (χ1v) is 7.99. The molecule has 2 unspecified atom stereocenters. The monoisotopic (exact) mass is 267 g/mol. The first-order valence-electron chi connectivity index (χ1n) is 7.99. The zero-order valence-electron chi connectivity index (χ0n) is 12.4. The zero-order chi connectivity index (χ0) is 13.8. The van der Waals surface area contributed by atoms with Crippen LogP contribution in [0.15, 0.2) is 0 Å². The third kappa shape index (κ3) is 4.20. The second-order valence-corrected chi connectivity index (χ2v) is 6.93. The number of esters is 1. The maximum absolute atomic E-state index is 12.2.